The molecule has 28 heavy (non-hydrogen) atoms. The van der Waals surface area contributed by atoms with E-state index in [-0.39, 0.29) is 0 Å². The van der Waals surface area contributed by atoms with Gasteiger partial charge in [0.05, 0.1) is 26.5 Å². The molecule has 0 bridgehead atoms. The van der Waals surface area contributed by atoms with Crippen LogP contribution in [0.15, 0.2) is 77.9 Å². The van der Waals surface area contributed by atoms with E-state index in [0.29, 0.717) is 6.54 Å². The Kier molecular flexibility index (Phi) is 6.68. The molecular weight excluding hydrogens is 348 g/mol. The van der Waals surface area contributed by atoms with Gasteiger partial charge in [0.2, 0.25) is 0 Å². The van der Waals surface area contributed by atoms with Gasteiger partial charge in [0, 0.05) is 0 Å². The molecule has 0 saturated heterocycles. The molecule has 0 radical (unpaired) electrons. The van der Waals surface area contributed by atoms with Crippen molar-refractivity contribution in [2.75, 3.05) is 14.2 Å². The van der Waals surface area contributed by atoms with Crippen molar-refractivity contribution < 1.29 is 9.47 Å². The van der Waals surface area contributed by atoms with Crippen LogP contribution in [0.4, 0.5) is 0 Å². The third kappa shape index (κ3) is 5.13. The zero-order valence-corrected chi connectivity index (χ0v) is 16.6. The molecule has 0 spiro atoms. The quantitative estimate of drug-likeness (QED) is 0.455. The highest BCUT2D eigenvalue weighted by atomic mass is 16.5. The fourth-order valence-corrected chi connectivity index (χ4v) is 3.00. The minimum Gasteiger partial charge on any atom is -0.493 e. The Morgan fingerprint density at radius 2 is 1.43 bits per heavy atom. The summed E-state index contributed by atoms with van der Waals surface area (Å²) in [6, 6.07) is 24.9. The van der Waals surface area contributed by atoms with Crippen LogP contribution in [0.5, 0.6) is 11.5 Å². The number of nitrogens with zero attached hydrogens (tertiary/aromatic N) is 1. The number of methoxy groups -OCH3 is 2. The molecule has 0 unspecified atom stereocenters. The van der Waals surface area contributed by atoms with Gasteiger partial charge in [-0.1, -0.05) is 60.7 Å². The van der Waals surface area contributed by atoms with Crippen molar-refractivity contribution in [3.05, 3.63) is 95.1 Å². The van der Waals surface area contributed by atoms with E-state index in [4.69, 9.17) is 9.47 Å². The maximum absolute atomic E-state index is 5.34. The van der Waals surface area contributed by atoms with Gasteiger partial charge in [-0.3, -0.25) is 0 Å². The molecule has 0 atom stereocenters. The van der Waals surface area contributed by atoms with E-state index in [1.807, 2.05) is 31.2 Å². The summed E-state index contributed by atoms with van der Waals surface area (Å²) in [5, 5.41) is 4.50. The molecule has 144 valence electrons. The number of rotatable bonds is 8. The Bertz CT molecular complexity index is 919. The standard InChI is InChI=1S/C24H26N2O2/c1-18(26-25-17-21-11-14-23(27-2)24(16-21)28-3)22-12-9-20(10-13-22)15-19-7-5-4-6-8-19/h4-14,16,25H,15,17H2,1-3H3/b26-18-. The summed E-state index contributed by atoms with van der Waals surface area (Å²) in [6.45, 7) is 2.62. The van der Waals surface area contributed by atoms with Crippen LogP contribution < -0.4 is 14.9 Å². The lowest BCUT2D eigenvalue weighted by Gasteiger charge is -2.10. The molecule has 3 aromatic carbocycles. The molecule has 0 heterocycles. The monoisotopic (exact) mass is 374 g/mol. The van der Waals surface area contributed by atoms with Crippen LogP contribution in [0.2, 0.25) is 0 Å². The normalized spacial score (nSPS) is 11.2. The van der Waals surface area contributed by atoms with Gasteiger partial charge < -0.3 is 14.9 Å². The Hall–Kier alpha value is -3.27. The second-order valence-corrected chi connectivity index (χ2v) is 6.58. The smallest absolute Gasteiger partial charge is 0.161 e. The van der Waals surface area contributed by atoms with Crippen LogP contribution in [-0.4, -0.2) is 19.9 Å². The third-order valence-corrected chi connectivity index (χ3v) is 4.60. The molecule has 1 N–H and O–H groups in total. The number of hydrogen-bond donors (Lipinski definition) is 1. The molecule has 0 fully saturated rings. The van der Waals surface area contributed by atoms with Gasteiger partial charge in [-0.2, -0.15) is 5.10 Å². The maximum Gasteiger partial charge on any atom is 0.161 e. The Balaban J connectivity index is 1.59. The van der Waals surface area contributed by atoms with Crippen LogP contribution >= 0.6 is 0 Å². The van der Waals surface area contributed by atoms with Crippen LogP contribution in [-0.2, 0) is 13.0 Å². The maximum atomic E-state index is 5.34. The number of benzene rings is 3. The van der Waals surface area contributed by atoms with Crippen molar-refractivity contribution in [3.63, 3.8) is 0 Å². The summed E-state index contributed by atoms with van der Waals surface area (Å²) < 4.78 is 10.6. The number of ether oxygens (including phenoxy) is 2. The largest absolute Gasteiger partial charge is 0.493 e. The highest BCUT2D eigenvalue weighted by Gasteiger charge is 2.04. The average molecular weight is 374 g/mol. The Labute approximate surface area is 166 Å². The van der Waals surface area contributed by atoms with Crippen LogP contribution in [0.25, 0.3) is 0 Å². The molecule has 0 amide bonds. The molecule has 0 aromatic heterocycles. The number of hydrogen-bond acceptors (Lipinski definition) is 4. The second kappa shape index (κ2) is 9.60. The van der Waals surface area contributed by atoms with Crippen molar-refractivity contribution in [1.82, 2.24) is 5.43 Å². The fourth-order valence-electron chi connectivity index (χ4n) is 3.00. The highest BCUT2D eigenvalue weighted by Crippen LogP contribution is 2.27. The topological polar surface area (TPSA) is 42.8 Å². The van der Waals surface area contributed by atoms with E-state index < -0.39 is 0 Å². The molecule has 0 saturated carbocycles. The minimum atomic E-state index is 0.615. The molecule has 3 rings (SSSR count). The van der Waals surface area contributed by atoms with Gasteiger partial charge in [0.1, 0.15) is 0 Å². The van der Waals surface area contributed by atoms with Crippen LogP contribution in [0, 0.1) is 0 Å². The third-order valence-electron chi connectivity index (χ3n) is 4.60. The van der Waals surface area contributed by atoms with E-state index >= 15 is 0 Å². The fraction of sp³-hybridized carbons (Fsp3) is 0.208. The van der Waals surface area contributed by atoms with Crippen molar-refractivity contribution >= 4 is 5.71 Å². The van der Waals surface area contributed by atoms with Gasteiger partial charge in [0.15, 0.2) is 11.5 Å². The summed E-state index contributed by atoms with van der Waals surface area (Å²) in [5.74, 6) is 1.44. The van der Waals surface area contributed by atoms with Crippen molar-refractivity contribution in [2.45, 2.75) is 19.9 Å². The lowest BCUT2D eigenvalue weighted by Crippen LogP contribution is -2.09. The Morgan fingerprint density at radius 1 is 0.786 bits per heavy atom. The second-order valence-electron chi connectivity index (χ2n) is 6.58. The lowest BCUT2D eigenvalue weighted by molar-refractivity contribution is 0.354. The molecule has 4 heteroatoms. The summed E-state index contributed by atoms with van der Waals surface area (Å²) in [7, 11) is 3.27. The first kappa shape index (κ1) is 19.5. The molecule has 0 aliphatic rings. The number of hydrazone groups is 1. The SMILES string of the molecule is COc1ccc(CN/N=C(/C)c2ccc(Cc3ccccc3)cc2)cc1OC. The van der Waals surface area contributed by atoms with Crippen molar-refractivity contribution in [1.29, 1.82) is 0 Å². The summed E-state index contributed by atoms with van der Waals surface area (Å²) in [4.78, 5) is 0. The van der Waals surface area contributed by atoms with E-state index in [9.17, 15) is 0 Å². The minimum absolute atomic E-state index is 0.615. The molecule has 0 aliphatic carbocycles. The summed E-state index contributed by atoms with van der Waals surface area (Å²) in [5.41, 5.74) is 8.88. The van der Waals surface area contributed by atoms with E-state index in [1.165, 1.54) is 11.1 Å². The van der Waals surface area contributed by atoms with Gasteiger partial charge in [-0.25, -0.2) is 0 Å². The van der Waals surface area contributed by atoms with Crippen LogP contribution in [0.3, 0.4) is 0 Å². The first-order valence-corrected chi connectivity index (χ1v) is 9.31. The zero-order chi connectivity index (χ0) is 19.8. The summed E-state index contributed by atoms with van der Waals surface area (Å²) >= 11 is 0. The van der Waals surface area contributed by atoms with Gasteiger partial charge in [-0.05, 0) is 47.7 Å². The van der Waals surface area contributed by atoms with E-state index in [2.05, 4.69) is 59.1 Å². The molecular formula is C24H26N2O2. The molecule has 0 aliphatic heterocycles. The average Bonchev–Trinajstić information content (AvgIpc) is 2.74. The predicted molar refractivity (Wildman–Crippen MR) is 114 cm³/mol. The van der Waals surface area contributed by atoms with Crippen molar-refractivity contribution in [3.8, 4) is 11.5 Å². The molecule has 3 aromatic rings. The van der Waals surface area contributed by atoms with Gasteiger partial charge >= 0.3 is 0 Å². The van der Waals surface area contributed by atoms with Gasteiger partial charge in [0.25, 0.3) is 0 Å². The zero-order valence-electron chi connectivity index (χ0n) is 16.6. The summed E-state index contributed by atoms with van der Waals surface area (Å²) in [6.07, 6.45) is 0.939. The first-order valence-electron chi connectivity index (χ1n) is 9.31. The molecule has 4 nitrogen and oxygen atoms in total. The van der Waals surface area contributed by atoms with E-state index in [1.54, 1.807) is 14.2 Å². The highest BCUT2D eigenvalue weighted by molar-refractivity contribution is 5.98. The van der Waals surface area contributed by atoms with Crippen molar-refractivity contribution in [2.24, 2.45) is 5.10 Å². The predicted octanol–water partition coefficient (Wildman–Crippen LogP) is 4.81. The van der Waals surface area contributed by atoms with Crippen LogP contribution in [0.1, 0.15) is 29.2 Å². The van der Waals surface area contributed by atoms with E-state index in [0.717, 1.165) is 34.8 Å². The Morgan fingerprint density at radius 3 is 2.11 bits per heavy atom. The first-order chi connectivity index (χ1) is 13.7. The number of nitrogens with one attached hydrogen (secondary N) is 1. The lowest BCUT2D eigenvalue weighted by atomic mass is 10.0. The van der Waals surface area contributed by atoms with Gasteiger partial charge in [-0.15, -0.1) is 0 Å².